The topological polar surface area (TPSA) is 110 Å². The fourth-order valence-electron chi connectivity index (χ4n) is 3.33. The van der Waals surface area contributed by atoms with E-state index in [0.717, 1.165) is 22.1 Å². The second-order valence-corrected chi connectivity index (χ2v) is 8.02. The lowest BCUT2D eigenvalue weighted by Gasteiger charge is -2.14. The zero-order chi connectivity index (χ0) is 21.3. The van der Waals surface area contributed by atoms with Crippen LogP contribution in [0, 0.1) is 20.8 Å². The molecule has 0 aliphatic heterocycles. The van der Waals surface area contributed by atoms with E-state index < -0.39 is 23.5 Å². The molecule has 8 heteroatoms. The maximum atomic E-state index is 12.5. The van der Waals surface area contributed by atoms with Crippen LogP contribution >= 0.6 is 11.8 Å². The highest BCUT2D eigenvalue weighted by Gasteiger charge is 2.22. The maximum Gasteiger partial charge on any atom is 0.340 e. The fourth-order valence-corrected chi connectivity index (χ4v) is 3.80. The molecule has 2 aromatic heterocycles. The summed E-state index contributed by atoms with van der Waals surface area (Å²) in [6, 6.07) is 2.60. The standard InChI is InChI=1S/C21H23NO6S/c1-10-12(3)27-17-9-18-14(7-13(10)17)11(2)15(21(26)28-18)8-19(23)22-16(20(24)25)5-6-29-4/h7,9,16H,5-6,8H2,1-4H3,(H,22,23)(H,24,25). The van der Waals surface area contributed by atoms with Crippen LogP contribution < -0.4 is 10.9 Å². The van der Waals surface area contributed by atoms with Gasteiger partial charge in [-0.3, -0.25) is 4.79 Å². The summed E-state index contributed by atoms with van der Waals surface area (Å²) in [7, 11) is 0. The lowest BCUT2D eigenvalue weighted by molar-refractivity contribution is -0.141. The number of carbonyl (C=O) groups is 2. The third kappa shape index (κ3) is 4.17. The minimum absolute atomic E-state index is 0.223. The molecule has 29 heavy (non-hydrogen) atoms. The number of amides is 1. The minimum Gasteiger partial charge on any atom is -0.480 e. The first-order valence-corrected chi connectivity index (χ1v) is 10.6. The second kappa shape index (κ2) is 8.32. The highest BCUT2D eigenvalue weighted by Crippen LogP contribution is 2.30. The van der Waals surface area contributed by atoms with E-state index in [-0.39, 0.29) is 12.0 Å². The number of furan rings is 1. The van der Waals surface area contributed by atoms with Crippen molar-refractivity contribution in [1.29, 1.82) is 0 Å². The predicted octanol–water partition coefficient (Wildman–Crippen LogP) is 3.33. The van der Waals surface area contributed by atoms with Crippen molar-refractivity contribution in [3.63, 3.8) is 0 Å². The van der Waals surface area contributed by atoms with Gasteiger partial charge in [0.15, 0.2) is 0 Å². The number of benzene rings is 1. The van der Waals surface area contributed by atoms with Gasteiger partial charge in [0.25, 0.3) is 0 Å². The Labute approximate surface area is 171 Å². The van der Waals surface area contributed by atoms with Gasteiger partial charge in [0.2, 0.25) is 5.91 Å². The Morgan fingerprint density at radius 3 is 2.41 bits per heavy atom. The highest BCUT2D eigenvalue weighted by molar-refractivity contribution is 7.98. The summed E-state index contributed by atoms with van der Waals surface area (Å²) >= 11 is 1.50. The van der Waals surface area contributed by atoms with E-state index >= 15 is 0 Å². The lowest BCUT2D eigenvalue weighted by Crippen LogP contribution is -2.42. The SMILES string of the molecule is CSCCC(NC(=O)Cc1c(C)c2cc3c(C)c(C)oc3cc2oc1=O)C(=O)O. The smallest absolute Gasteiger partial charge is 0.340 e. The molecule has 0 fully saturated rings. The van der Waals surface area contributed by atoms with Gasteiger partial charge in [-0.15, -0.1) is 0 Å². The van der Waals surface area contributed by atoms with E-state index in [0.29, 0.717) is 28.9 Å². The van der Waals surface area contributed by atoms with Crippen molar-refractivity contribution < 1.29 is 23.5 Å². The summed E-state index contributed by atoms with van der Waals surface area (Å²) < 4.78 is 11.1. The molecule has 0 saturated heterocycles. The third-order valence-corrected chi connectivity index (χ3v) is 5.81. The van der Waals surface area contributed by atoms with Crippen LogP contribution in [-0.4, -0.2) is 35.0 Å². The molecule has 2 N–H and O–H groups in total. The summed E-state index contributed by atoms with van der Waals surface area (Å²) in [6.45, 7) is 5.59. The van der Waals surface area contributed by atoms with Crippen LogP contribution in [0.25, 0.3) is 21.9 Å². The zero-order valence-corrected chi connectivity index (χ0v) is 17.6. The normalized spacial score (nSPS) is 12.4. The first-order valence-electron chi connectivity index (χ1n) is 9.20. The van der Waals surface area contributed by atoms with Crippen molar-refractivity contribution in [1.82, 2.24) is 5.32 Å². The molecule has 154 valence electrons. The summed E-state index contributed by atoms with van der Waals surface area (Å²) in [5.74, 6) is -0.221. The first kappa shape index (κ1) is 21.0. The monoisotopic (exact) mass is 417 g/mol. The Morgan fingerprint density at radius 1 is 1.10 bits per heavy atom. The fraction of sp³-hybridized carbons (Fsp3) is 0.381. The molecule has 0 saturated carbocycles. The Kier molecular flexibility index (Phi) is 6.02. The van der Waals surface area contributed by atoms with Gasteiger partial charge in [-0.05, 0) is 56.4 Å². The van der Waals surface area contributed by atoms with Crippen molar-refractivity contribution in [2.24, 2.45) is 0 Å². The van der Waals surface area contributed by atoms with E-state index in [4.69, 9.17) is 8.83 Å². The van der Waals surface area contributed by atoms with Crippen LogP contribution in [0.15, 0.2) is 25.8 Å². The van der Waals surface area contributed by atoms with Gasteiger partial charge < -0.3 is 19.3 Å². The van der Waals surface area contributed by atoms with Crippen LogP contribution in [0.1, 0.15) is 28.9 Å². The number of hydrogen-bond acceptors (Lipinski definition) is 6. The van der Waals surface area contributed by atoms with Crippen LogP contribution in [0.4, 0.5) is 0 Å². The molecule has 0 aliphatic rings. The number of aliphatic carboxylic acids is 1. The van der Waals surface area contributed by atoms with E-state index in [1.807, 2.05) is 26.2 Å². The molecule has 3 aromatic rings. The quantitative estimate of drug-likeness (QED) is 0.567. The molecule has 0 spiro atoms. The van der Waals surface area contributed by atoms with Gasteiger partial charge in [-0.2, -0.15) is 11.8 Å². The Hall–Kier alpha value is -2.74. The van der Waals surface area contributed by atoms with Crippen molar-refractivity contribution in [2.75, 3.05) is 12.0 Å². The van der Waals surface area contributed by atoms with Crippen molar-refractivity contribution >= 4 is 45.6 Å². The molecule has 1 amide bonds. The summed E-state index contributed by atoms with van der Waals surface area (Å²) in [5.41, 5.74) is 2.29. The van der Waals surface area contributed by atoms with Crippen LogP contribution in [0.5, 0.6) is 0 Å². The number of nitrogens with one attached hydrogen (secondary N) is 1. The minimum atomic E-state index is -1.09. The van der Waals surface area contributed by atoms with Gasteiger partial charge in [0.05, 0.1) is 12.0 Å². The molecular formula is C21H23NO6S. The van der Waals surface area contributed by atoms with E-state index in [9.17, 15) is 19.5 Å². The molecule has 0 aliphatic carbocycles. The van der Waals surface area contributed by atoms with Crippen molar-refractivity contribution in [3.05, 3.63) is 45.0 Å². The number of rotatable bonds is 7. The number of thioether (sulfide) groups is 1. The van der Waals surface area contributed by atoms with Gasteiger partial charge in [0, 0.05) is 16.8 Å². The average molecular weight is 417 g/mol. The maximum absolute atomic E-state index is 12.5. The Morgan fingerprint density at radius 2 is 1.76 bits per heavy atom. The molecule has 0 bridgehead atoms. The van der Waals surface area contributed by atoms with Crippen LogP contribution in [0.3, 0.4) is 0 Å². The molecular weight excluding hydrogens is 394 g/mol. The largest absolute Gasteiger partial charge is 0.480 e. The Balaban J connectivity index is 1.95. The first-order chi connectivity index (χ1) is 13.7. The molecule has 2 heterocycles. The molecule has 1 aromatic carbocycles. The number of fused-ring (bicyclic) bond motifs is 2. The zero-order valence-electron chi connectivity index (χ0n) is 16.8. The van der Waals surface area contributed by atoms with Gasteiger partial charge >= 0.3 is 11.6 Å². The Bertz CT molecular complexity index is 1160. The van der Waals surface area contributed by atoms with E-state index in [2.05, 4.69) is 5.32 Å². The number of aryl methyl sites for hydroxylation is 3. The number of hydrogen-bond donors (Lipinski definition) is 2. The molecule has 7 nitrogen and oxygen atoms in total. The van der Waals surface area contributed by atoms with Crippen molar-refractivity contribution in [3.8, 4) is 0 Å². The van der Waals surface area contributed by atoms with Crippen LogP contribution in [0.2, 0.25) is 0 Å². The number of carboxylic acid groups (broad SMARTS) is 1. The molecule has 3 rings (SSSR count). The van der Waals surface area contributed by atoms with E-state index in [1.54, 1.807) is 13.0 Å². The number of carboxylic acids is 1. The summed E-state index contributed by atoms with van der Waals surface area (Å²) in [6.07, 6.45) is 1.93. The lowest BCUT2D eigenvalue weighted by atomic mass is 10.0. The second-order valence-electron chi connectivity index (χ2n) is 7.04. The predicted molar refractivity (Wildman–Crippen MR) is 113 cm³/mol. The molecule has 1 atom stereocenters. The van der Waals surface area contributed by atoms with Gasteiger partial charge in [0.1, 0.15) is 23.0 Å². The van der Waals surface area contributed by atoms with Gasteiger partial charge in [-0.25, -0.2) is 9.59 Å². The third-order valence-electron chi connectivity index (χ3n) is 5.16. The molecule has 1 unspecified atom stereocenters. The number of carbonyl (C=O) groups excluding carboxylic acids is 1. The highest BCUT2D eigenvalue weighted by atomic mass is 32.2. The van der Waals surface area contributed by atoms with Crippen LogP contribution in [-0.2, 0) is 16.0 Å². The summed E-state index contributed by atoms with van der Waals surface area (Å²) in [5, 5.41) is 13.4. The van der Waals surface area contributed by atoms with Crippen molar-refractivity contribution in [2.45, 2.75) is 39.7 Å². The average Bonchev–Trinajstić information content (AvgIpc) is 2.94. The van der Waals surface area contributed by atoms with Gasteiger partial charge in [-0.1, -0.05) is 0 Å². The molecule has 0 radical (unpaired) electrons. The summed E-state index contributed by atoms with van der Waals surface area (Å²) in [4.78, 5) is 36.3. The van der Waals surface area contributed by atoms with E-state index in [1.165, 1.54) is 11.8 Å².